The van der Waals surface area contributed by atoms with Gasteiger partial charge in [-0.05, 0) is 50.2 Å². The first-order valence-corrected chi connectivity index (χ1v) is 10.4. The number of benzene rings is 2. The summed E-state index contributed by atoms with van der Waals surface area (Å²) in [6, 6.07) is 13.4. The topological polar surface area (TPSA) is 92.5 Å². The number of oxazole rings is 1. The van der Waals surface area contributed by atoms with Gasteiger partial charge >= 0.3 is 0 Å². The Morgan fingerprint density at radius 2 is 1.82 bits per heavy atom. The second-order valence-electron chi connectivity index (χ2n) is 6.76. The quantitative estimate of drug-likeness (QED) is 0.655. The number of anilines is 1. The summed E-state index contributed by atoms with van der Waals surface area (Å²) < 4.78 is 31.8. The van der Waals surface area contributed by atoms with E-state index in [2.05, 4.69) is 10.3 Å². The van der Waals surface area contributed by atoms with Gasteiger partial charge in [0.25, 0.3) is 0 Å². The zero-order valence-electron chi connectivity index (χ0n) is 16.0. The Balaban J connectivity index is 1.60. The normalized spacial score (nSPS) is 12.0. The molecule has 0 fully saturated rings. The van der Waals surface area contributed by atoms with Crippen molar-refractivity contribution in [3.8, 4) is 0 Å². The van der Waals surface area contributed by atoms with Crippen LogP contribution in [-0.4, -0.2) is 36.7 Å². The molecule has 2 aromatic carbocycles. The van der Waals surface area contributed by atoms with Gasteiger partial charge in [0.2, 0.25) is 15.9 Å². The van der Waals surface area contributed by atoms with Crippen LogP contribution < -0.4 is 5.32 Å². The molecule has 3 rings (SSSR count). The molecule has 0 bridgehead atoms. The number of carbonyl (C=O) groups is 1. The summed E-state index contributed by atoms with van der Waals surface area (Å²) in [5.74, 6) is 0.312. The van der Waals surface area contributed by atoms with Crippen LogP contribution in [0.2, 0.25) is 0 Å². The third kappa shape index (κ3) is 4.40. The molecule has 0 radical (unpaired) electrons. The van der Waals surface area contributed by atoms with E-state index in [9.17, 15) is 13.2 Å². The standard InChI is InChI=1S/C20H23N3O4S/c1-14(2)23(3)28(25,26)16-10-8-15(9-11-16)21-19(24)12-13-20-22-17-6-4-5-7-18(17)27-20/h4-11,14H,12-13H2,1-3H3,(H,21,24). The van der Waals surface area contributed by atoms with Gasteiger partial charge in [0.15, 0.2) is 11.5 Å². The summed E-state index contributed by atoms with van der Waals surface area (Å²) in [5, 5.41) is 2.76. The Morgan fingerprint density at radius 3 is 2.46 bits per heavy atom. The molecule has 28 heavy (non-hydrogen) atoms. The van der Waals surface area contributed by atoms with Crippen LogP contribution in [0.15, 0.2) is 57.8 Å². The number of sulfonamides is 1. The number of amides is 1. The zero-order valence-corrected chi connectivity index (χ0v) is 16.9. The molecule has 0 spiro atoms. The fourth-order valence-corrected chi connectivity index (χ4v) is 3.99. The Bertz CT molecular complexity index is 1040. The molecule has 0 atom stereocenters. The minimum atomic E-state index is -3.54. The van der Waals surface area contributed by atoms with E-state index in [0.29, 0.717) is 23.6 Å². The van der Waals surface area contributed by atoms with Crippen LogP contribution in [0.5, 0.6) is 0 Å². The van der Waals surface area contributed by atoms with Gasteiger partial charge in [-0.2, -0.15) is 4.31 Å². The molecule has 8 heteroatoms. The third-order valence-corrected chi connectivity index (χ3v) is 6.49. The van der Waals surface area contributed by atoms with Crippen LogP contribution in [0, 0.1) is 0 Å². The highest BCUT2D eigenvalue weighted by atomic mass is 32.2. The van der Waals surface area contributed by atoms with E-state index in [4.69, 9.17) is 4.42 Å². The number of fused-ring (bicyclic) bond motifs is 1. The van der Waals surface area contributed by atoms with Crippen LogP contribution in [-0.2, 0) is 21.2 Å². The molecule has 0 aliphatic carbocycles. The second kappa shape index (κ2) is 8.12. The number of hydrogen-bond donors (Lipinski definition) is 1. The maximum atomic E-state index is 12.5. The number of rotatable bonds is 7. The summed E-state index contributed by atoms with van der Waals surface area (Å²) in [4.78, 5) is 16.7. The van der Waals surface area contributed by atoms with Gasteiger partial charge in [0.1, 0.15) is 5.52 Å². The lowest BCUT2D eigenvalue weighted by atomic mass is 10.2. The van der Waals surface area contributed by atoms with Crippen LogP contribution in [0.4, 0.5) is 5.69 Å². The minimum absolute atomic E-state index is 0.142. The van der Waals surface area contributed by atoms with Crippen molar-refractivity contribution in [2.45, 2.75) is 37.6 Å². The fraction of sp³-hybridized carbons (Fsp3) is 0.300. The predicted molar refractivity (Wildman–Crippen MR) is 107 cm³/mol. The molecule has 0 aliphatic rings. The molecular formula is C20H23N3O4S. The van der Waals surface area contributed by atoms with Crippen LogP contribution >= 0.6 is 0 Å². The molecule has 0 saturated heterocycles. The highest BCUT2D eigenvalue weighted by Gasteiger charge is 2.22. The van der Waals surface area contributed by atoms with Gasteiger partial charge in [-0.3, -0.25) is 4.79 Å². The second-order valence-corrected chi connectivity index (χ2v) is 8.76. The van der Waals surface area contributed by atoms with Gasteiger partial charge in [-0.25, -0.2) is 13.4 Å². The van der Waals surface area contributed by atoms with Crippen LogP contribution in [0.25, 0.3) is 11.1 Å². The van der Waals surface area contributed by atoms with Crippen molar-refractivity contribution in [2.75, 3.05) is 12.4 Å². The number of carbonyl (C=O) groups excluding carboxylic acids is 1. The molecule has 7 nitrogen and oxygen atoms in total. The molecule has 0 unspecified atom stereocenters. The van der Waals surface area contributed by atoms with Crippen molar-refractivity contribution in [3.63, 3.8) is 0 Å². The fourth-order valence-electron chi connectivity index (χ4n) is 2.62. The minimum Gasteiger partial charge on any atom is -0.441 e. The largest absolute Gasteiger partial charge is 0.441 e. The average Bonchev–Trinajstić information content (AvgIpc) is 3.09. The van der Waals surface area contributed by atoms with E-state index in [1.54, 1.807) is 19.2 Å². The average molecular weight is 401 g/mol. The van der Waals surface area contributed by atoms with Gasteiger partial charge in [-0.1, -0.05) is 12.1 Å². The smallest absolute Gasteiger partial charge is 0.243 e. The molecule has 1 heterocycles. The van der Waals surface area contributed by atoms with Crippen molar-refractivity contribution in [3.05, 3.63) is 54.4 Å². The van der Waals surface area contributed by atoms with Crippen molar-refractivity contribution in [2.24, 2.45) is 0 Å². The summed E-state index contributed by atoms with van der Waals surface area (Å²) in [6.07, 6.45) is 0.592. The van der Waals surface area contributed by atoms with E-state index in [1.807, 2.05) is 38.1 Å². The first-order valence-electron chi connectivity index (χ1n) is 9.00. The van der Waals surface area contributed by atoms with Crippen molar-refractivity contribution in [1.82, 2.24) is 9.29 Å². The molecule has 1 aromatic heterocycles. The van der Waals surface area contributed by atoms with Crippen molar-refractivity contribution >= 4 is 32.7 Å². The Kier molecular flexibility index (Phi) is 5.81. The SMILES string of the molecule is CC(C)N(C)S(=O)(=O)c1ccc(NC(=O)CCc2nc3ccccc3o2)cc1. The Hall–Kier alpha value is -2.71. The lowest BCUT2D eigenvalue weighted by molar-refractivity contribution is -0.116. The van der Waals surface area contributed by atoms with Gasteiger partial charge in [0.05, 0.1) is 4.90 Å². The Labute approximate surface area is 164 Å². The maximum absolute atomic E-state index is 12.5. The molecular weight excluding hydrogens is 378 g/mol. The predicted octanol–water partition coefficient (Wildman–Crippen LogP) is 3.43. The Morgan fingerprint density at radius 1 is 1.14 bits per heavy atom. The number of aryl methyl sites for hydroxylation is 1. The summed E-state index contributed by atoms with van der Waals surface area (Å²) in [5.41, 5.74) is 2.00. The zero-order chi connectivity index (χ0) is 20.3. The van der Waals surface area contributed by atoms with E-state index in [-0.39, 0.29) is 23.3 Å². The number of aromatic nitrogens is 1. The van der Waals surface area contributed by atoms with Gasteiger partial charge < -0.3 is 9.73 Å². The highest BCUT2D eigenvalue weighted by molar-refractivity contribution is 7.89. The molecule has 148 valence electrons. The first-order chi connectivity index (χ1) is 13.3. The molecule has 1 amide bonds. The van der Waals surface area contributed by atoms with Crippen LogP contribution in [0.3, 0.4) is 0 Å². The van der Waals surface area contributed by atoms with E-state index in [0.717, 1.165) is 5.52 Å². The number of hydrogen-bond acceptors (Lipinski definition) is 5. The van der Waals surface area contributed by atoms with Crippen molar-refractivity contribution in [1.29, 1.82) is 0 Å². The number of nitrogens with one attached hydrogen (secondary N) is 1. The first kappa shape index (κ1) is 20.0. The summed E-state index contributed by atoms with van der Waals surface area (Å²) in [6.45, 7) is 3.62. The maximum Gasteiger partial charge on any atom is 0.243 e. The van der Waals surface area contributed by atoms with Crippen molar-refractivity contribution < 1.29 is 17.6 Å². The van der Waals surface area contributed by atoms with Gasteiger partial charge in [-0.15, -0.1) is 0 Å². The lowest BCUT2D eigenvalue weighted by Gasteiger charge is -2.21. The van der Waals surface area contributed by atoms with Crippen LogP contribution in [0.1, 0.15) is 26.2 Å². The molecule has 1 N–H and O–H groups in total. The third-order valence-electron chi connectivity index (χ3n) is 4.45. The van der Waals surface area contributed by atoms with E-state index in [1.165, 1.54) is 16.4 Å². The number of para-hydroxylation sites is 2. The number of nitrogens with zero attached hydrogens (tertiary/aromatic N) is 2. The molecule has 0 aliphatic heterocycles. The molecule has 0 saturated carbocycles. The van der Waals surface area contributed by atoms with Gasteiger partial charge in [0, 0.05) is 31.6 Å². The lowest BCUT2D eigenvalue weighted by Crippen LogP contribution is -2.33. The van der Waals surface area contributed by atoms with E-state index >= 15 is 0 Å². The van der Waals surface area contributed by atoms with E-state index < -0.39 is 10.0 Å². The highest BCUT2D eigenvalue weighted by Crippen LogP contribution is 2.20. The molecule has 3 aromatic rings. The summed E-state index contributed by atoms with van der Waals surface area (Å²) in [7, 11) is -2.00. The summed E-state index contributed by atoms with van der Waals surface area (Å²) >= 11 is 0. The monoisotopic (exact) mass is 401 g/mol.